The first-order valence-electron chi connectivity index (χ1n) is 9.00. The van der Waals surface area contributed by atoms with Crippen molar-refractivity contribution in [3.8, 4) is 0 Å². The first kappa shape index (κ1) is 22.0. The van der Waals surface area contributed by atoms with Crippen molar-refractivity contribution in [2.75, 3.05) is 18.2 Å². The highest BCUT2D eigenvalue weighted by Crippen LogP contribution is 2.18. The van der Waals surface area contributed by atoms with Crippen LogP contribution in [0, 0.1) is 6.92 Å². The van der Waals surface area contributed by atoms with E-state index in [0.29, 0.717) is 22.5 Å². The maximum Gasteiger partial charge on any atom is 0.337 e. The van der Waals surface area contributed by atoms with Crippen LogP contribution >= 0.6 is 11.8 Å². The predicted molar refractivity (Wildman–Crippen MR) is 111 cm³/mol. The highest BCUT2D eigenvalue weighted by atomic mass is 32.2. The first-order valence-corrected chi connectivity index (χ1v) is 9.99. The molecule has 3 rings (SSSR count). The van der Waals surface area contributed by atoms with Crippen LogP contribution in [0.4, 0.5) is 5.69 Å². The molecule has 1 amide bonds. The predicted octanol–water partition coefficient (Wildman–Crippen LogP) is 0.873. The summed E-state index contributed by atoms with van der Waals surface area (Å²) in [5.41, 5.74) is 0.730. The number of esters is 1. The highest BCUT2D eigenvalue weighted by molar-refractivity contribution is 7.99. The van der Waals surface area contributed by atoms with E-state index in [1.807, 2.05) is 0 Å². The Morgan fingerprint density at radius 3 is 2.61 bits per heavy atom. The summed E-state index contributed by atoms with van der Waals surface area (Å²) in [6.45, 7) is 1.62. The lowest BCUT2D eigenvalue weighted by molar-refractivity contribution is -0.113. The number of nitrogens with zero attached hydrogens (tertiary/aromatic N) is 3. The SMILES string of the molecule is COC(=O)c1ccc(NC(=O)CSc2nnc(Cc3c(C)[nH]c(=O)n(C)c3=O)o2)cc1. The van der Waals surface area contributed by atoms with Gasteiger partial charge in [0, 0.05) is 24.0 Å². The Labute approximate surface area is 179 Å². The number of carbonyl (C=O) groups excluding carboxylic acids is 2. The number of amides is 1. The van der Waals surface area contributed by atoms with Crippen LogP contribution in [0.3, 0.4) is 0 Å². The van der Waals surface area contributed by atoms with Crippen molar-refractivity contribution in [3.63, 3.8) is 0 Å². The van der Waals surface area contributed by atoms with E-state index < -0.39 is 17.2 Å². The van der Waals surface area contributed by atoms with E-state index >= 15 is 0 Å². The third-order valence-corrected chi connectivity index (χ3v) is 5.13. The van der Waals surface area contributed by atoms with Gasteiger partial charge in [0.15, 0.2) is 0 Å². The summed E-state index contributed by atoms with van der Waals surface area (Å²) >= 11 is 1.04. The molecule has 0 saturated carbocycles. The lowest BCUT2D eigenvalue weighted by atomic mass is 10.2. The summed E-state index contributed by atoms with van der Waals surface area (Å²) < 4.78 is 11.1. The molecule has 0 radical (unpaired) electrons. The van der Waals surface area contributed by atoms with Crippen LogP contribution in [0.15, 0.2) is 43.5 Å². The standard InChI is InChI=1S/C19H19N5O6S/c1-10-13(16(26)24(2)18(28)20-10)8-15-22-23-19(30-15)31-9-14(25)21-12-6-4-11(5-7-12)17(27)29-3/h4-7H,8-9H2,1-3H3,(H,20,28)(H,21,25). The number of aryl methyl sites for hydroxylation is 1. The molecule has 0 saturated heterocycles. The van der Waals surface area contributed by atoms with Gasteiger partial charge in [-0.05, 0) is 31.2 Å². The van der Waals surface area contributed by atoms with Crippen LogP contribution < -0.4 is 16.6 Å². The third kappa shape index (κ3) is 5.28. The fourth-order valence-electron chi connectivity index (χ4n) is 2.63. The number of carbonyl (C=O) groups is 2. The molecule has 11 nitrogen and oxygen atoms in total. The van der Waals surface area contributed by atoms with Gasteiger partial charge in [-0.2, -0.15) is 0 Å². The second-order valence-corrected chi connectivity index (χ2v) is 7.37. The summed E-state index contributed by atoms with van der Waals surface area (Å²) in [4.78, 5) is 50.0. The van der Waals surface area contributed by atoms with Crippen molar-refractivity contribution in [2.45, 2.75) is 18.6 Å². The van der Waals surface area contributed by atoms with Crippen molar-refractivity contribution in [3.05, 3.63) is 67.8 Å². The van der Waals surface area contributed by atoms with Gasteiger partial charge >= 0.3 is 11.7 Å². The number of ether oxygens (including phenoxy) is 1. The Balaban J connectivity index is 1.57. The third-order valence-electron chi connectivity index (χ3n) is 4.31. The maximum absolute atomic E-state index is 12.3. The van der Waals surface area contributed by atoms with Crippen LogP contribution in [-0.4, -0.2) is 44.5 Å². The van der Waals surface area contributed by atoms with Crippen molar-refractivity contribution in [1.29, 1.82) is 0 Å². The van der Waals surface area contributed by atoms with Gasteiger partial charge < -0.3 is 19.5 Å². The summed E-state index contributed by atoms with van der Waals surface area (Å²) in [6, 6.07) is 6.27. The molecular weight excluding hydrogens is 426 g/mol. The molecule has 0 atom stereocenters. The van der Waals surface area contributed by atoms with Gasteiger partial charge in [0.1, 0.15) is 0 Å². The van der Waals surface area contributed by atoms with Crippen molar-refractivity contribution >= 4 is 29.3 Å². The molecule has 162 valence electrons. The zero-order valence-corrected chi connectivity index (χ0v) is 17.7. The van der Waals surface area contributed by atoms with Gasteiger partial charge in [0.2, 0.25) is 11.8 Å². The van der Waals surface area contributed by atoms with E-state index in [0.717, 1.165) is 16.3 Å². The van der Waals surface area contributed by atoms with Crippen LogP contribution in [0.25, 0.3) is 0 Å². The monoisotopic (exact) mass is 445 g/mol. The lowest BCUT2D eigenvalue weighted by Gasteiger charge is -2.05. The normalized spacial score (nSPS) is 10.7. The zero-order valence-electron chi connectivity index (χ0n) is 16.9. The minimum atomic E-state index is -0.501. The average molecular weight is 445 g/mol. The topological polar surface area (TPSA) is 149 Å². The van der Waals surface area contributed by atoms with Crippen molar-refractivity contribution < 1.29 is 18.7 Å². The molecule has 12 heteroatoms. The number of methoxy groups -OCH3 is 1. The van der Waals surface area contributed by atoms with Crippen molar-refractivity contribution in [1.82, 2.24) is 19.7 Å². The number of hydrogen-bond acceptors (Lipinski definition) is 9. The Kier molecular flexibility index (Phi) is 6.70. The first-order chi connectivity index (χ1) is 14.8. The smallest absolute Gasteiger partial charge is 0.337 e. The molecule has 0 aliphatic heterocycles. The molecule has 0 aliphatic rings. The highest BCUT2D eigenvalue weighted by Gasteiger charge is 2.15. The lowest BCUT2D eigenvalue weighted by Crippen LogP contribution is -2.36. The number of hydrogen-bond donors (Lipinski definition) is 2. The molecule has 0 unspecified atom stereocenters. The van der Waals surface area contributed by atoms with Gasteiger partial charge in [-0.1, -0.05) is 11.8 Å². The van der Waals surface area contributed by atoms with E-state index in [-0.39, 0.29) is 29.2 Å². The quantitative estimate of drug-likeness (QED) is 0.399. The number of benzene rings is 1. The van der Waals surface area contributed by atoms with Gasteiger partial charge in [-0.15, -0.1) is 10.2 Å². The molecule has 0 aliphatic carbocycles. The second kappa shape index (κ2) is 9.43. The summed E-state index contributed by atoms with van der Waals surface area (Å²) in [6.07, 6.45) is 0.0571. The number of nitrogens with one attached hydrogen (secondary N) is 2. The largest absolute Gasteiger partial charge is 0.465 e. The van der Waals surface area contributed by atoms with Crippen LogP contribution in [0.2, 0.25) is 0 Å². The molecule has 0 bridgehead atoms. The van der Waals surface area contributed by atoms with E-state index in [1.54, 1.807) is 31.2 Å². The van der Waals surface area contributed by atoms with Crippen LogP contribution in [-0.2, 0) is 23.0 Å². The molecule has 1 aromatic carbocycles. The molecule has 2 N–H and O–H groups in total. The molecular formula is C19H19N5O6S. The number of rotatable bonds is 7. The molecule has 0 spiro atoms. The van der Waals surface area contributed by atoms with E-state index in [4.69, 9.17) is 4.42 Å². The Hall–Kier alpha value is -3.67. The number of anilines is 1. The van der Waals surface area contributed by atoms with Gasteiger partial charge in [-0.25, -0.2) is 9.59 Å². The summed E-state index contributed by atoms with van der Waals surface area (Å²) in [7, 11) is 2.67. The van der Waals surface area contributed by atoms with Gasteiger partial charge in [-0.3, -0.25) is 14.2 Å². The molecule has 31 heavy (non-hydrogen) atoms. The van der Waals surface area contributed by atoms with Crippen LogP contribution in [0.5, 0.6) is 0 Å². The number of aromatic amines is 1. The Morgan fingerprint density at radius 1 is 1.23 bits per heavy atom. The van der Waals surface area contributed by atoms with E-state index in [2.05, 4.69) is 25.2 Å². The van der Waals surface area contributed by atoms with Crippen molar-refractivity contribution in [2.24, 2.45) is 7.05 Å². The Bertz CT molecular complexity index is 1230. The average Bonchev–Trinajstić information content (AvgIpc) is 3.21. The number of thioether (sulfide) groups is 1. The number of aromatic nitrogens is 4. The molecule has 2 aromatic heterocycles. The Morgan fingerprint density at radius 2 is 1.94 bits per heavy atom. The zero-order chi connectivity index (χ0) is 22.5. The molecule has 3 aromatic rings. The van der Waals surface area contributed by atoms with Gasteiger partial charge in [0.05, 0.1) is 24.8 Å². The fraction of sp³-hybridized carbons (Fsp3) is 0.263. The van der Waals surface area contributed by atoms with E-state index in [9.17, 15) is 19.2 Å². The molecule has 0 fully saturated rings. The van der Waals surface area contributed by atoms with Crippen LogP contribution in [0.1, 0.15) is 27.5 Å². The minimum absolute atomic E-state index is 0.0137. The minimum Gasteiger partial charge on any atom is -0.465 e. The fourth-order valence-corrected chi connectivity index (χ4v) is 3.21. The number of H-pyrrole nitrogens is 1. The molecule has 2 heterocycles. The summed E-state index contributed by atoms with van der Waals surface area (Å²) in [5, 5.41) is 10.6. The summed E-state index contributed by atoms with van der Waals surface area (Å²) in [5.74, 6) is -0.565. The maximum atomic E-state index is 12.3. The van der Waals surface area contributed by atoms with E-state index in [1.165, 1.54) is 14.2 Å². The second-order valence-electron chi connectivity index (χ2n) is 6.44. The van der Waals surface area contributed by atoms with Gasteiger partial charge in [0.25, 0.3) is 10.8 Å².